The summed E-state index contributed by atoms with van der Waals surface area (Å²) >= 11 is 0. The molecule has 1 fully saturated rings. The second-order valence-electron chi connectivity index (χ2n) is 7.68. The van der Waals surface area contributed by atoms with Crippen molar-refractivity contribution >= 4 is 17.9 Å². The van der Waals surface area contributed by atoms with E-state index in [1.54, 1.807) is 4.90 Å². The van der Waals surface area contributed by atoms with Gasteiger partial charge in [-0.15, -0.1) is 0 Å². The molecule has 0 saturated carbocycles. The molecule has 2 aliphatic heterocycles. The minimum absolute atomic E-state index is 0.202. The third-order valence-electron chi connectivity index (χ3n) is 4.54. The highest BCUT2D eigenvalue weighted by Gasteiger charge is 2.30. The third-order valence-corrected chi connectivity index (χ3v) is 4.54. The van der Waals surface area contributed by atoms with Crippen molar-refractivity contribution < 1.29 is 19.1 Å². The van der Waals surface area contributed by atoms with Crippen molar-refractivity contribution in [1.82, 2.24) is 10.2 Å². The Balaban J connectivity index is 1.72. The molecule has 0 aromatic heterocycles. The Kier molecular flexibility index (Phi) is 4.54. The number of hydrogen-bond acceptors (Lipinski definition) is 4. The molecule has 1 aromatic rings. The number of carbonyl (C=O) groups excluding carboxylic acids is 3. The van der Waals surface area contributed by atoms with Gasteiger partial charge in [0.15, 0.2) is 0 Å². The highest BCUT2D eigenvalue weighted by atomic mass is 16.6. The molecule has 0 radical (unpaired) electrons. The van der Waals surface area contributed by atoms with Crippen LogP contribution in [0.1, 0.15) is 56.2 Å². The number of fused-ring (bicyclic) bond motifs is 1. The van der Waals surface area contributed by atoms with E-state index in [1.165, 1.54) is 0 Å². The molecule has 0 spiro atoms. The number of amides is 3. The van der Waals surface area contributed by atoms with Crippen molar-refractivity contribution in [2.45, 2.75) is 58.1 Å². The summed E-state index contributed by atoms with van der Waals surface area (Å²) in [5.41, 5.74) is 2.66. The van der Waals surface area contributed by atoms with Crippen molar-refractivity contribution in [2.24, 2.45) is 0 Å². The Morgan fingerprint density at radius 2 is 1.96 bits per heavy atom. The lowest BCUT2D eigenvalue weighted by Crippen LogP contribution is -2.40. The molecular formula is C19H24N2O4. The number of rotatable bonds is 1. The summed E-state index contributed by atoms with van der Waals surface area (Å²) in [5, 5.41) is 2.40. The second kappa shape index (κ2) is 6.50. The van der Waals surface area contributed by atoms with Gasteiger partial charge in [-0.05, 0) is 50.3 Å². The Bertz CT molecular complexity index is 721. The fourth-order valence-electron chi connectivity index (χ4n) is 3.28. The van der Waals surface area contributed by atoms with Crippen LogP contribution in [0.15, 0.2) is 18.2 Å². The zero-order chi connectivity index (χ0) is 18.2. The van der Waals surface area contributed by atoms with E-state index in [1.807, 2.05) is 39.0 Å². The van der Waals surface area contributed by atoms with Gasteiger partial charge in [0.05, 0.1) is 5.92 Å². The molecular weight excluding hydrogens is 320 g/mol. The van der Waals surface area contributed by atoms with E-state index in [2.05, 4.69) is 5.32 Å². The number of carbonyl (C=O) groups is 3. The molecule has 6 nitrogen and oxygen atoms in total. The molecule has 6 heteroatoms. The van der Waals surface area contributed by atoms with Crippen LogP contribution in [-0.4, -0.2) is 35.0 Å². The molecule has 0 unspecified atom stereocenters. The van der Waals surface area contributed by atoms with Gasteiger partial charge in [-0.1, -0.05) is 18.2 Å². The molecule has 25 heavy (non-hydrogen) atoms. The fourth-order valence-corrected chi connectivity index (χ4v) is 3.28. The van der Waals surface area contributed by atoms with Crippen LogP contribution >= 0.6 is 0 Å². The van der Waals surface area contributed by atoms with Crippen molar-refractivity contribution in [3.8, 4) is 0 Å². The number of hydrogen-bond donors (Lipinski definition) is 1. The second-order valence-corrected chi connectivity index (χ2v) is 7.68. The van der Waals surface area contributed by atoms with Gasteiger partial charge in [0.2, 0.25) is 11.8 Å². The summed E-state index contributed by atoms with van der Waals surface area (Å²) in [6.07, 6.45) is 1.36. The molecule has 1 N–H and O–H groups in total. The molecule has 2 aliphatic rings. The van der Waals surface area contributed by atoms with E-state index in [0.29, 0.717) is 25.9 Å². The zero-order valence-corrected chi connectivity index (χ0v) is 14.9. The molecule has 1 atom stereocenters. The van der Waals surface area contributed by atoms with Crippen molar-refractivity contribution in [3.05, 3.63) is 34.9 Å². The standard InChI is InChI=1S/C19H24N2O4/c1-19(2,3)25-18(24)21-9-8-12-10-13(4-5-14(12)11-21)15-6-7-16(22)20-17(15)23/h4-5,10,15H,6-9,11H2,1-3H3,(H,20,22,23)/t15-/m1/s1. The SMILES string of the molecule is CC(C)(C)OC(=O)N1CCc2cc([C@H]3CCC(=O)NC3=O)ccc2C1. The third kappa shape index (κ3) is 4.00. The first-order chi connectivity index (χ1) is 11.7. The normalized spacial score (nSPS) is 20.8. The molecule has 2 heterocycles. The molecule has 3 rings (SSSR count). The first-order valence-corrected chi connectivity index (χ1v) is 8.66. The van der Waals surface area contributed by atoms with Crippen LogP contribution in [0.2, 0.25) is 0 Å². The summed E-state index contributed by atoms with van der Waals surface area (Å²) in [7, 11) is 0. The maximum Gasteiger partial charge on any atom is 0.410 e. The highest BCUT2D eigenvalue weighted by Crippen LogP contribution is 2.29. The summed E-state index contributed by atoms with van der Waals surface area (Å²) in [6.45, 7) is 6.68. The van der Waals surface area contributed by atoms with Gasteiger partial charge in [0, 0.05) is 19.5 Å². The average Bonchev–Trinajstić information content (AvgIpc) is 2.52. The largest absolute Gasteiger partial charge is 0.444 e. The van der Waals surface area contributed by atoms with Gasteiger partial charge >= 0.3 is 6.09 Å². The zero-order valence-electron chi connectivity index (χ0n) is 14.9. The van der Waals surface area contributed by atoms with Crippen LogP contribution in [0.25, 0.3) is 0 Å². The minimum Gasteiger partial charge on any atom is -0.444 e. The predicted octanol–water partition coefficient (Wildman–Crippen LogP) is 2.50. The van der Waals surface area contributed by atoms with Crippen molar-refractivity contribution in [2.75, 3.05) is 6.54 Å². The summed E-state index contributed by atoms with van der Waals surface area (Å²) < 4.78 is 5.44. The highest BCUT2D eigenvalue weighted by molar-refractivity contribution is 6.00. The van der Waals surface area contributed by atoms with E-state index in [-0.39, 0.29) is 23.8 Å². The van der Waals surface area contributed by atoms with Gasteiger partial charge in [-0.2, -0.15) is 0 Å². The number of piperidine rings is 1. The minimum atomic E-state index is -0.507. The van der Waals surface area contributed by atoms with Crippen LogP contribution < -0.4 is 5.32 Å². The summed E-state index contributed by atoms with van der Waals surface area (Å²) in [5.74, 6) is -0.693. The van der Waals surface area contributed by atoms with Crippen LogP contribution in [0.4, 0.5) is 4.79 Å². The maximum absolute atomic E-state index is 12.2. The summed E-state index contributed by atoms with van der Waals surface area (Å²) in [6, 6.07) is 5.95. The number of imide groups is 1. The van der Waals surface area contributed by atoms with E-state index in [0.717, 1.165) is 23.1 Å². The van der Waals surface area contributed by atoms with E-state index in [4.69, 9.17) is 4.74 Å². The van der Waals surface area contributed by atoms with Crippen molar-refractivity contribution in [1.29, 1.82) is 0 Å². The topological polar surface area (TPSA) is 75.7 Å². The quantitative estimate of drug-likeness (QED) is 0.794. The lowest BCUT2D eigenvalue weighted by Gasteiger charge is -2.32. The molecule has 1 saturated heterocycles. The first kappa shape index (κ1) is 17.5. The Hall–Kier alpha value is -2.37. The first-order valence-electron chi connectivity index (χ1n) is 8.66. The van der Waals surface area contributed by atoms with Gasteiger partial charge < -0.3 is 9.64 Å². The predicted molar refractivity (Wildman–Crippen MR) is 91.9 cm³/mol. The monoisotopic (exact) mass is 344 g/mol. The fraction of sp³-hybridized carbons (Fsp3) is 0.526. The molecule has 3 amide bonds. The van der Waals surface area contributed by atoms with Gasteiger partial charge in [0.25, 0.3) is 0 Å². The van der Waals surface area contributed by atoms with E-state index >= 15 is 0 Å². The molecule has 0 bridgehead atoms. The smallest absolute Gasteiger partial charge is 0.410 e. The van der Waals surface area contributed by atoms with Crippen LogP contribution in [0.3, 0.4) is 0 Å². The number of ether oxygens (including phenoxy) is 1. The molecule has 1 aromatic carbocycles. The van der Waals surface area contributed by atoms with Gasteiger partial charge in [-0.3, -0.25) is 14.9 Å². The van der Waals surface area contributed by atoms with Crippen molar-refractivity contribution in [3.63, 3.8) is 0 Å². The average molecular weight is 344 g/mol. The summed E-state index contributed by atoms with van der Waals surface area (Å²) in [4.78, 5) is 37.3. The van der Waals surface area contributed by atoms with E-state index < -0.39 is 5.60 Å². The van der Waals surface area contributed by atoms with Crippen LogP contribution in [-0.2, 0) is 27.3 Å². The molecule has 0 aliphatic carbocycles. The number of nitrogens with zero attached hydrogens (tertiary/aromatic N) is 1. The van der Waals surface area contributed by atoms with Gasteiger partial charge in [-0.25, -0.2) is 4.79 Å². The number of nitrogens with one attached hydrogen (secondary N) is 1. The number of benzene rings is 1. The Morgan fingerprint density at radius 3 is 2.64 bits per heavy atom. The molecule has 134 valence electrons. The Morgan fingerprint density at radius 1 is 1.20 bits per heavy atom. The van der Waals surface area contributed by atoms with Gasteiger partial charge in [0.1, 0.15) is 5.60 Å². The van der Waals surface area contributed by atoms with Crippen LogP contribution in [0.5, 0.6) is 0 Å². The van der Waals surface area contributed by atoms with E-state index in [9.17, 15) is 14.4 Å². The lowest BCUT2D eigenvalue weighted by molar-refractivity contribution is -0.134. The van der Waals surface area contributed by atoms with Crippen LogP contribution in [0, 0.1) is 0 Å². The lowest BCUT2D eigenvalue weighted by atomic mass is 9.87. The maximum atomic E-state index is 12.2. The Labute approximate surface area is 147 Å².